The van der Waals surface area contributed by atoms with E-state index in [0.717, 1.165) is 28.6 Å². The molecule has 1 aliphatic rings. The summed E-state index contributed by atoms with van der Waals surface area (Å²) in [4.78, 5) is 11.7. The molecule has 0 saturated carbocycles. The molecule has 0 radical (unpaired) electrons. The van der Waals surface area contributed by atoms with Gasteiger partial charge in [0, 0.05) is 24.3 Å². The first-order valence-electron chi connectivity index (χ1n) is 9.00. The molecule has 3 N–H and O–H groups in total. The number of hydrogen-bond acceptors (Lipinski definition) is 5. The number of sulfonamides is 1. The molecule has 1 fully saturated rings. The number of hydrogen-bond donors (Lipinski definition) is 3. The lowest BCUT2D eigenvalue weighted by Gasteiger charge is -2.23. The molecule has 0 aromatic heterocycles. The molecule has 0 bridgehead atoms. The highest BCUT2D eigenvalue weighted by atomic mass is 35.5. The number of halogens is 3. The van der Waals surface area contributed by atoms with Gasteiger partial charge in [-0.1, -0.05) is 11.6 Å². The molecule has 1 unspecified atom stereocenters. The number of carbonyl (C=O) groups is 1. The van der Waals surface area contributed by atoms with Crippen LogP contribution < -0.4 is 5.32 Å². The van der Waals surface area contributed by atoms with Gasteiger partial charge in [-0.25, -0.2) is 17.2 Å². The van der Waals surface area contributed by atoms with Gasteiger partial charge in [-0.3, -0.25) is 4.79 Å². The summed E-state index contributed by atoms with van der Waals surface area (Å²) in [5, 5.41) is 22.0. The van der Waals surface area contributed by atoms with Crippen LogP contribution in [-0.4, -0.2) is 54.1 Å². The van der Waals surface area contributed by atoms with Crippen molar-refractivity contribution in [3.05, 3.63) is 58.6 Å². The number of aliphatic hydroxyl groups is 2. The Morgan fingerprint density at radius 2 is 1.63 bits per heavy atom. The molecule has 3 rings (SSSR count). The molecule has 1 heterocycles. The van der Waals surface area contributed by atoms with E-state index in [2.05, 4.69) is 5.32 Å². The van der Waals surface area contributed by atoms with Crippen LogP contribution in [-0.2, 0) is 10.0 Å². The minimum Gasteiger partial charge on any atom is -0.392 e. The average molecular weight is 461 g/mol. The van der Waals surface area contributed by atoms with Gasteiger partial charge in [0.25, 0.3) is 5.91 Å². The Labute approximate surface area is 176 Å². The van der Waals surface area contributed by atoms with Gasteiger partial charge in [0.2, 0.25) is 10.0 Å². The van der Waals surface area contributed by atoms with Crippen molar-refractivity contribution in [2.24, 2.45) is 0 Å². The lowest BCUT2D eigenvalue weighted by molar-refractivity contribution is 0.102. The van der Waals surface area contributed by atoms with Gasteiger partial charge in [0.1, 0.15) is 16.5 Å². The number of anilines is 1. The second-order valence-corrected chi connectivity index (χ2v) is 9.25. The standard InChI is InChI=1S/C19H19ClF2N2O5S/c20-15-8-12(2-6-16(15)21)23-19(27)11-1-5-17(22)18(7-11)30(28,29)24-9-13(25)3-4-14(26)10-24/h1-2,5-8,13-14,25-26H,3-4,9-10H2,(H,23,27)/t13-,14?/m0/s1. The summed E-state index contributed by atoms with van der Waals surface area (Å²) in [5.74, 6) is -2.51. The smallest absolute Gasteiger partial charge is 0.255 e. The third kappa shape index (κ3) is 4.96. The van der Waals surface area contributed by atoms with Crippen molar-refractivity contribution in [2.45, 2.75) is 29.9 Å². The Balaban J connectivity index is 1.90. The maximum absolute atomic E-state index is 14.4. The van der Waals surface area contributed by atoms with Crippen LogP contribution in [0.5, 0.6) is 0 Å². The topological polar surface area (TPSA) is 107 Å². The van der Waals surface area contributed by atoms with Crippen LogP contribution in [0.2, 0.25) is 5.02 Å². The van der Waals surface area contributed by atoms with E-state index in [1.54, 1.807) is 0 Å². The first kappa shape index (κ1) is 22.6. The van der Waals surface area contributed by atoms with Gasteiger partial charge in [0.15, 0.2) is 0 Å². The number of β-amino-alcohol motifs (C(OH)–C–C–N with tert-alkyl or cyclic N) is 2. The number of nitrogens with zero attached hydrogens (tertiary/aromatic N) is 1. The second-order valence-electron chi connectivity index (χ2n) is 6.94. The minimum atomic E-state index is -4.44. The number of benzene rings is 2. The third-order valence-corrected chi connectivity index (χ3v) is 6.79. The van der Waals surface area contributed by atoms with Crippen molar-refractivity contribution in [3.63, 3.8) is 0 Å². The van der Waals surface area contributed by atoms with Crippen LogP contribution in [0, 0.1) is 11.6 Å². The molecule has 30 heavy (non-hydrogen) atoms. The summed E-state index contributed by atoms with van der Waals surface area (Å²) in [7, 11) is -4.44. The Kier molecular flexibility index (Phi) is 6.73. The summed E-state index contributed by atoms with van der Waals surface area (Å²) >= 11 is 5.67. The Morgan fingerprint density at radius 1 is 1.03 bits per heavy atom. The molecule has 0 spiro atoms. The van der Waals surface area contributed by atoms with Gasteiger partial charge in [-0.15, -0.1) is 0 Å². The molecule has 11 heteroatoms. The maximum atomic E-state index is 14.4. The average Bonchev–Trinajstić information content (AvgIpc) is 2.86. The van der Waals surface area contributed by atoms with E-state index in [1.807, 2.05) is 0 Å². The summed E-state index contributed by atoms with van der Waals surface area (Å²) in [5.41, 5.74) is 0.00485. The molecule has 2 atom stereocenters. The molecule has 7 nitrogen and oxygen atoms in total. The SMILES string of the molecule is O=C(Nc1ccc(F)c(Cl)c1)c1ccc(F)c(S(=O)(=O)N2CC(O)CC[C@H](O)C2)c1. The Bertz CT molecular complexity index is 1050. The minimum absolute atomic E-state index is 0.161. The van der Waals surface area contributed by atoms with Gasteiger partial charge < -0.3 is 15.5 Å². The van der Waals surface area contributed by atoms with Gasteiger partial charge in [-0.2, -0.15) is 4.31 Å². The normalized spacial score (nSPS) is 20.6. The second kappa shape index (κ2) is 8.94. The highest BCUT2D eigenvalue weighted by molar-refractivity contribution is 7.89. The fraction of sp³-hybridized carbons (Fsp3) is 0.316. The number of amides is 1. The maximum Gasteiger partial charge on any atom is 0.255 e. The zero-order chi connectivity index (χ0) is 22.1. The van der Waals surface area contributed by atoms with Crippen LogP contribution in [0.3, 0.4) is 0 Å². The van der Waals surface area contributed by atoms with E-state index in [1.165, 1.54) is 12.1 Å². The van der Waals surface area contributed by atoms with Crippen molar-refractivity contribution >= 4 is 33.2 Å². The van der Waals surface area contributed by atoms with Gasteiger partial charge in [0.05, 0.1) is 17.2 Å². The summed E-state index contributed by atoms with van der Waals surface area (Å²) in [6, 6.07) is 6.30. The monoisotopic (exact) mass is 460 g/mol. The van der Waals surface area contributed by atoms with Crippen molar-refractivity contribution < 1.29 is 32.2 Å². The summed E-state index contributed by atoms with van der Waals surface area (Å²) in [6.07, 6.45) is -1.60. The lowest BCUT2D eigenvalue weighted by Crippen LogP contribution is -2.39. The van der Waals surface area contributed by atoms with Crippen LogP contribution in [0.4, 0.5) is 14.5 Å². The Hall–Kier alpha value is -2.11. The predicted molar refractivity (Wildman–Crippen MR) is 106 cm³/mol. The highest BCUT2D eigenvalue weighted by Crippen LogP contribution is 2.25. The summed E-state index contributed by atoms with van der Waals surface area (Å²) < 4.78 is 54.3. The third-order valence-electron chi connectivity index (χ3n) is 4.65. The number of aliphatic hydroxyl groups excluding tert-OH is 2. The number of rotatable bonds is 4. The van der Waals surface area contributed by atoms with Crippen molar-refractivity contribution in [1.29, 1.82) is 0 Å². The van der Waals surface area contributed by atoms with E-state index >= 15 is 0 Å². The van der Waals surface area contributed by atoms with E-state index in [9.17, 15) is 32.2 Å². The fourth-order valence-electron chi connectivity index (χ4n) is 3.07. The van der Waals surface area contributed by atoms with Crippen LogP contribution in [0.15, 0.2) is 41.3 Å². The lowest BCUT2D eigenvalue weighted by atomic mass is 10.1. The van der Waals surface area contributed by atoms with E-state index in [-0.39, 0.29) is 42.2 Å². The van der Waals surface area contributed by atoms with Gasteiger partial charge >= 0.3 is 0 Å². The summed E-state index contributed by atoms with van der Waals surface area (Å²) in [6.45, 7) is -0.604. The molecular weight excluding hydrogens is 442 g/mol. The van der Waals surface area contributed by atoms with E-state index < -0.39 is 44.7 Å². The highest BCUT2D eigenvalue weighted by Gasteiger charge is 2.33. The van der Waals surface area contributed by atoms with Crippen LogP contribution in [0.1, 0.15) is 23.2 Å². The zero-order valence-corrected chi connectivity index (χ0v) is 17.1. The molecule has 1 saturated heterocycles. The number of nitrogens with one attached hydrogen (secondary N) is 1. The van der Waals surface area contributed by atoms with Crippen molar-refractivity contribution in [3.8, 4) is 0 Å². The first-order chi connectivity index (χ1) is 14.1. The van der Waals surface area contributed by atoms with Gasteiger partial charge in [-0.05, 0) is 49.2 Å². The fourth-order valence-corrected chi connectivity index (χ4v) is 4.85. The predicted octanol–water partition coefficient (Wildman–Crippen LogP) is 2.38. The largest absolute Gasteiger partial charge is 0.392 e. The molecule has 1 amide bonds. The Morgan fingerprint density at radius 3 is 2.23 bits per heavy atom. The number of carbonyl (C=O) groups excluding carboxylic acids is 1. The van der Waals surface area contributed by atoms with Crippen molar-refractivity contribution in [2.75, 3.05) is 18.4 Å². The quantitative estimate of drug-likeness (QED) is 0.649. The first-order valence-corrected chi connectivity index (χ1v) is 10.8. The molecule has 1 aliphatic heterocycles. The van der Waals surface area contributed by atoms with Crippen LogP contribution in [0.25, 0.3) is 0 Å². The molecule has 2 aromatic rings. The van der Waals surface area contributed by atoms with E-state index in [0.29, 0.717) is 0 Å². The molecule has 162 valence electrons. The zero-order valence-electron chi connectivity index (χ0n) is 15.6. The molecule has 0 aliphatic carbocycles. The van der Waals surface area contributed by atoms with E-state index in [4.69, 9.17) is 11.6 Å². The molecule has 2 aromatic carbocycles. The molecular formula is C19H19ClF2N2O5S. The van der Waals surface area contributed by atoms with Crippen LogP contribution >= 0.6 is 11.6 Å². The van der Waals surface area contributed by atoms with Crippen molar-refractivity contribution in [1.82, 2.24) is 4.31 Å².